The van der Waals surface area contributed by atoms with Gasteiger partial charge in [-0.2, -0.15) is 0 Å². The topological polar surface area (TPSA) is 51.7 Å². The van der Waals surface area contributed by atoms with Crippen molar-refractivity contribution in [1.82, 2.24) is 9.88 Å². The summed E-state index contributed by atoms with van der Waals surface area (Å²) in [6.07, 6.45) is 7.58. The molecule has 0 N–H and O–H groups in total. The van der Waals surface area contributed by atoms with E-state index in [1.165, 1.54) is 5.57 Å². The molecule has 1 aromatic rings. The first-order valence-corrected chi connectivity index (χ1v) is 7.96. The molecule has 1 aliphatic heterocycles. The molecule has 0 unspecified atom stereocenters. The Balaban J connectivity index is 1.54. The van der Waals surface area contributed by atoms with Crippen LogP contribution in [0.3, 0.4) is 0 Å². The molecule has 0 bridgehead atoms. The van der Waals surface area contributed by atoms with Crippen LogP contribution in [-0.4, -0.2) is 41.8 Å². The number of aromatic nitrogens is 1. The molecule has 1 aromatic heterocycles. The van der Waals surface area contributed by atoms with Crippen LogP contribution in [-0.2, 0) is 4.74 Å². The smallest absolute Gasteiger partial charge is 0.410 e. The minimum Gasteiger partial charge on any atom is -0.496 e. The van der Waals surface area contributed by atoms with Gasteiger partial charge in [-0.25, -0.2) is 4.79 Å². The number of carbonyl (C=O) groups is 1. The first-order chi connectivity index (χ1) is 10.8. The van der Waals surface area contributed by atoms with Gasteiger partial charge in [0.1, 0.15) is 11.4 Å². The van der Waals surface area contributed by atoms with Crippen LogP contribution < -0.4 is 4.74 Å². The number of pyridine rings is 1. The van der Waals surface area contributed by atoms with E-state index in [4.69, 9.17) is 9.47 Å². The summed E-state index contributed by atoms with van der Waals surface area (Å²) in [6.45, 7) is 7.27. The van der Waals surface area contributed by atoms with Gasteiger partial charge in [-0.05, 0) is 39.7 Å². The van der Waals surface area contributed by atoms with Gasteiger partial charge in [-0.15, -0.1) is 0 Å². The number of hydrogen-bond donors (Lipinski definition) is 0. The summed E-state index contributed by atoms with van der Waals surface area (Å²) in [6, 6.07) is 1.87. The van der Waals surface area contributed by atoms with E-state index in [0.717, 1.165) is 37.2 Å². The minimum atomic E-state index is -0.429. The summed E-state index contributed by atoms with van der Waals surface area (Å²) in [4.78, 5) is 17.9. The third kappa shape index (κ3) is 3.33. The van der Waals surface area contributed by atoms with E-state index in [0.29, 0.717) is 0 Å². The van der Waals surface area contributed by atoms with Gasteiger partial charge in [0.15, 0.2) is 0 Å². The SMILES string of the molecule is COc1ccncc1C=C1CC2(C1)CN(C(=O)OC(C)(C)C)C2. The summed E-state index contributed by atoms with van der Waals surface area (Å²) in [5.41, 5.74) is 2.24. The van der Waals surface area contributed by atoms with Crippen LogP contribution in [0.1, 0.15) is 39.2 Å². The number of nitrogens with zero attached hydrogens (tertiary/aromatic N) is 2. The lowest BCUT2D eigenvalue weighted by molar-refractivity contribution is -0.0498. The highest BCUT2D eigenvalue weighted by Gasteiger charge is 2.52. The van der Waals surface area contributed by atoms with E-state index in [1.54, 1.807) is 18.2 Å². The summed E-state index contributed by atoms with van der Waals surface area (Å²) in [5.74, 6) is 0.845. The number of methoxy groups -OCH3 is 1. The predicted molar refractivity (Wildman–Crippen MR) is 88.2 cm³/mol. The fourth-order valence-corrected chi connectivity index (χ4v) is 3.36. The number of carbonyl (C=O) groups excluding carboxylic acids is 1. The molecular weight excluding hydrogens is 292 g/mol. The number of rotatable bonds is 2. The van der Waals surface area contributed by atoms with Crippen molar-refractivity contribution in [3.8, 4) is 5.75 Å². The van der Waals surface area contributed by atoms with Crippen molar-refractivity contribution in [3.05, 3.63) is 29.6 Å². The van der Waals surface area contributed by atoms with E-state index >= 15 is 0 Å². The van der Waals surface area contributed by atoms with Gasteiger partial charge in [0, 0.05) is 36.5 Å². The van der Waals surface area contributed by atoms with Crippen molar-refractivity contribution in [3.63, 3.8) is 0 Å². The average molecular weight is 316 g/mol. The molecule has 5 heteroatoms. The van der Waals surface area contributed by atoms with Crippen molar-refractivity contribution in [2.24, 2.45) is 5.41 Å². The molecule has 124 valence electrons. The monoisotopic (exact) mass is 316 g/mol. The molecule has 2 heterocycles. The van der Waals surface area contributed by atoms with Gasteiger partial charge in [-0.3, -0.25) is 4.98 Å². The first-order valence-electron chi connectivity index (χ1n) is 7.96. The number of ether oxygens (including phenoxy) is 2. The second-order valence-corrected chi connectivity index (χ2v) is 7.61. The Morgan fingerprint density at radius 2 is 2.04 bits per heavy atom. The van der Waals surface area contributed by atoms with Gasteiger partial charge < -0.3 is 14.4 Å². The molecular formula is C18H24N2O3. The van der Waals surface area contributed by atoms with Crippen LogP contribution in [0.25, 0.3) is 6.08 Å². The van der Waals surface area contributed by atoms with E-state index in [9.17, 15) is 4.79 Å². The summed E-state index contributed by atoms with van der Waals surface area (Å²) in [5, 5.41) is 0. The van der Waals surface area contributed by atoms with Gasteiger partial charge in [0.25, 0.3) is 0 Å². The third-order valence-corrected chi connectivity index (χ3v) is 4.30. The second kappa shape index (κ2) is 5.55. The number of hydrogen-bond acceptors (Lipinski definition) is 4. The number of amides is 1. The molecule has 2 fully saturated rings. The van der Waals surface area contributed by atoms with Crippen LogP contribution in [0.4, 0.5) is 4.79 Å². The van der Waals surface area contributed by atoms with Crippen molar-refractivity contribution < 1.29 is 14.3 Å². The molecule has 5 nitrogen and oxygen atoms in total. The Morgan fingerprint density at radius 1 is 1.35 bits per heavy atom. The Labute approximate surface area is 137 Å². The highest BCUT2D eigenvalue weighted by Crippen LogP contribution is 2.52. The van der Waals surface area contributed by atoms with Crippen LogP contribution in [0, 0.1) is 5.41 Å². The summed E-state index contributed by atoms with van der Waals surface area (Å²) >= 11 is 0. The molecule has 1 aliphatic carbocycles. The third-order valence-electron chi connectivity index (χ3n) is 4.30. The van der Waals surface area contributed by atoms with Gasteiger partial charge in [0.05, 0.1) is 7.11 Å². The van der Waals surface area contributed by atoms with Crippen LogP contribution in [0.5, 0.6) is 5.75 Å². The van der Waals surface area contributed by atoms with Gasteiger partial charge in [0.2, 0.25) is 0 Å². The predicted octanol–water partition coefficient (Wildman–Crippen LogP) is 3.50. The summed E-state index contributed by atoms with van der Waals surface area (Å²) in [7, 11) is 1.67. The zero-order chi connectivity index (χ0) is 16.7. The zero-order valence-corrected chi connectivity index (χ0v) is 14.3. The van der Waals surface area contributed by atoms with E-state index in [2.05, 4.69) is 11.1 Å². The summed E-state index contributed by atoms with van der Waals surface area (Å²) < 4.78 is 10.8. The van der Waals surface area contributed by atoms with E-state index < -0.39 is 5.60 Å². The van der Waals surface area contributed by atoms with Gasteiger partial charge in [-0.1, -0.05) is 11.6 Å². The standard InChI is InChI=1S/C18H24N2O3/c1-17(2,3)23-16(21)20-11-18(12-20)8-13(9-18)7-14-10-19-6-5-15(14)22-4/h5-7,10H,8-9,11-12H2,1-4H3. The van der Waals surface area contributed by atoms with Crippen molar-refractivity contribution in [2.75, 3.05) is 20.2 Å². The molecule has 1 amide bonds. The molecule has 3 rings (SSSR count). The zero-order valence-electron chi connectivity index (χ0n) is 14.3. The lowest BCUT2D eigenvalue weighted by atomic mass is 9.60. The van der Waals surface area contributed by atoms with Crippen molar-refractivity contribution in [2.45, 2.75) is 39.2 Å². The maximum atomic E-state index is 12.0. The van der Waals surface area contributed by atoms with Gasteiger partial charge >= 0.3 is 6.09 Å². The quantitative estimate of drug-likeness (QED) is 0.838. The highest BCUT2D eigenvalue weighted by molar-refractivity contribution is 5.70. The Bertz CT molecular complexity index is 630. The molecule has 2 aliphatic rings. The molecule has 0 aromatic carbocycles. The Hall–Kier alpha value is -2.04. The maximum Gasteiger partial charge on any atom is 0.410 e. The Morgan fingerprint density at radius 3 is 2.65 bits per heavy atom. The fourth-order valence-electron chi connectivity index (χ4n) is 3.36. The lowest BCUT2D eigenvalue weighted by Gasteiger charge is -2.56. The molecule has 1 saturated carbocycles. The van der Waals surface area contributed by atoms with E-state index in [-0.39, 0.29) is 11.5 Å². The van der Waals surface area contributed by atoms with Crippen molar-refractivity contribution in [1.29, 1.82) is 0 Å². The fraction of sp³-hybridized carbons (Fsp3) is 0.556. The molecule has 1 spiro atoms. The van der Waals surface area contributed by atoms with Crippen LogP contribution >= 0.6 is 0 Å². The normalized spacial score (nSPS) is 19.0. The lowest BCUT2D eigenvalue weighted by Crippen LogP contribution is -2.62. The van der Waals surface area contributed by atoms with Crippen molar-refractivity contribution >= 4 is 12.2 Å². The van der Waals surface area contributed by atoms with Crippen LogP contribution in [0.15, 0.2) is 24.0 Å². The first kappa shape index (κ1) is 15.8. The highest BCUT2D eigenvalue weighted by atomic mass is 16.6. The second-order valence-electron chi connectivity index (χ2n) is 7.61. The maximum absolute atomic E-state index is 12.0. The van der Waals surface area contributed by atoms with Crippen LogP contribution in [0.2, 0.25) is 0 Å². The molecule has 0 atom stereocenters. The number of likely N-dealkylation sites (tertiary alicyclic amines) is 1. The minimum absolute atomic E-state index is 0.200. The average Bonchev–Trinajstić information content (AvgIpc) is 2.38. The molecule has 0 radical (unpaired) electrons. The molecule has 1 saturated heterocycles. The molecule has 23 heavy (non-hydrogen) atoms. The number of allylic oxidation sites excluding steroid dienone is 1. The largest absolute Gasteiger partial charge is 0.496 e. The Kier molecular flexibility index (Phi) is 3.82. The van der Waals surface area contributed by atoms with E-state index in [1.807, 2.05) is 33.0 Å².